The topological polar surface area (TPSA) is 46.5 Å². The van der Waals surface area contributed by atoms with Gasteiger partial charge < -0.3 is 9.84 Å². The lowest BCUT2D eigenvalue weighted by molar-refractivity contribution is -0.147. The number of ether oxygens (including phenoxy) is 1. The van der Waals surface area contributed by atoms with Gasteiger partial charge in [0.1, 0.15) is 0 Å². The zero-order chi connectivity index (χ0) is 19.2. The average Bonchev–Trinajstić information content (AvgIpc) is 2.57. The molecule has 0 saturated carbocycles. The molecule has 25 heavy (non-hydrogen) atoms. The molecule has 0 aliphatic rings. The third kappa shape index (κ3) is 28.5. The van der Waals surface area contributed by atoms with Gasteiger partial charge in [-0.1, -0.05) is 90.9 Å². The van der Waals surface area contributed by atoms with Crippen LogP contribution in [0.2, 0.25) is 0 Å². The first-order valence-electron chi connectivity index (χ1n) is 10.9. The van der Waals surface area contributed by atoms with Crippen LogP contribution >= 0.6 is 0 Å². The summed E-state index contributed by atoms with van der Waals surface area (Å²) >= 11 is 0. The van der Waals surface area contributed by atoms with Crippen LogP contribution in [0.3, 0.4) is 0 Å². The molecule has 0 bridgehead atoms. The van der Waals surface area contributed by atoms with Gasteiger partial charge in [0.25, 0.3) is 0 Å². The maximum atomic E-state index is 11.3. The Bertz CT molecular complexity index is 248. The molecule has 3 nitrogen and oxygen atoms in total. The third-order valence-electron chi connectivity index (χ3n) is 4.11. The zero-order valence-corrected chi connectivity index (χ0v) is 17.7. The summed E-state index contributed by atoms with van der Waals surface area (Å²) in [6, 6.07) is 0. The average molecular weight is 359 g/mol. The second kappa shape index (κ2) is 23.4. The van der Waals surface area contributed by atoms with Crippen LogP contribution < -0.4 is 0 Å². The molecule has 3 heteroatoms. The minimum Gasteiger partial charge on any atom is -0.463 e. The first kappa shape index (κ1) is 26.7. The van der Waals surface area contributed by atoms with Crippen molar-refractivity contribution in [3.63, 3.8) is 0 Å². The lowest BCUT2D eigenvalue weighted by Gasteiger charge is -2.07. The molecule has 0 fully saturated rings. The number of aliphatic hydroxyl groups excluding tert-OH is 1. The van der Waals surface area contributed by atoms with E-state index in [-0.39, 0.29) is 12.1 Å². The van der Waals surface area contributed by atoms with Crippen LogP contribution in [0, 0.1) is 0 Å². The first-order chi connectivity index (χ1) is 12.1. The summed E-state index contributed by atoms with van der Waals surface area (Å²) in [6.07, 6.45) is 18.4. The number of rotatable bonds is 16. The molecule has 0 aromatic carbocycles. The van der Waals surface area contributed by atoms with Crippen molar-refractivity contribution in [2.45, 2.75) is 130 Å². The maximum absolute atomic E-state index is 11.3. The quantitative estimate of drug-likeness (QED) is 0.243. The molecule has 0 unspecified atom stereocenters. The van der Waals surface area contributed by atoms with E-state index in [0.29, 0.717) is 13.0 Å². The molecule has 0 rings (SSSR count). The molecule has 0 amide bonds. The minimum absolute atomic E-state index is 0.0280. The van der Waals surface area contributed by atoms with Gasteiger partial charge in [-0.3, -0.25) is 4.79 Å². The molecule has 0 aliphatic carbocycles. The highest BCUT2D eigenvalue weighted by molar-refractivity contribution is 5.69. The molecule has 152 valence electrons. The van der Waals surface area contributed by atoms with E-state index in [1.165, 1.54) is 70.6 Å². The molecular formula is C22H46O3. The van der Waals surface area contributed by atoms with E-state index < -0.39 is 0 Å². The van der Waals surface area contributed by atoms with Gasteiger partial charge in [0.2, 0.25) is 0 Å². The second-order valence-corrected chi connectivity index (χ2v) is 7.25. The summed E-state index contributed by atoms with van der Waals surface area (Å²) in [6.45, 7) is 8.54. The Morgan fingerprint density at radius 2 is 1.12 bits per heavy atom. The highest BCUT2D eigenvalue weighted by atomic mass is 16.5. The van der Waals surface area contributed by atoms with E-state index in [2.05, 4.69) is 13.8 Å². The van der Waals surface area contributed by atoms with Crippen molar-refractivity contribution in [3.8, 4) is 0 Å². The van der Waals surface area contributed by atoms with E-state index in [1.54, 1.807) is 0 Å². The molecule has 0 saturated heterocycles. The summed E-state index contributed by atoms with van der Waals surface area (Å²) in [5, 5.41) is 8.20. The Labute approximate surface area is 157 Å². The lowest BCUT2D eigenvalue weighted by atomic mass is 10.1. The van der Waals surface area contributed by atoms with Crippen LogP contribution in [-0.4, -0.2) is 23.8 Å². The van der Waals surface area contributed by atoms with Crippen molar-refractivity contribution in [2.24, 2.45) is 0 Å². The monoisotopic (exact) mass is 358 g/mol. The fraction of sp³-hybridized carbons (Fsp3) is 0.955. The maximum Gasteiger partial charge on any atom is 0.306 e. The Morgan fingerprint density at radius 1 is 0.720 bits per heavy atom. The molecule has 0 heterocycles. The standard InChI is InChI=1S/C17H34O2.C5H12O/c1-4-5-6-7-8-9-10-11-12-13-14-15-17(18)19-16(2)3;1-2-3-4-5-6/h16H,4-15H2,1-3H3;6H,2-5H2,1H3. The zero-order valence-electron chi connectivity index (χ0n) is 17.7. The van der Waals surface area contributed by atoms with E-state index in [1.807, 2.05) is 13.8 Å². The highest BCUT2D eigenvalue weighted by Gasteiger charge is 2.04. The van der Waals surface area contributed by atoms with E-state index in [4.69, 9.17) is 9.84 Å². The van der Waals surface area contributed by atoms with Gasteiger partial charge in [-0.05, 0) is 26.7 Å². The molecule has 0 aliphatic heterocycles. The summed E-state index contributed by atoms with van der Waals surface area (Å²) in [7, 11) is 0. The lowest BCUT2D eigenvalue weighted by Crippen LogP contribution is -2.10. The molecule has 0 aromatic rings. The van der Waals surface area contributed by atoms with Crippen molar-refractivity contribution in [2.75, 3.05) is 6.61 Å². The fourth-order valence-corrected chi connectivity index (χ4v) is 2.62. The van der Waals surface area contributed by atoms with Crippen LogP contribution in [0.15, 0.2) is 0 Å². The number of aliphatic hydroxyl groups is 1. The number of esters is 1. The van der Waals surface area contributed by atoms with E-state index >= 15 is 0 Å². The number of unbranched alkanes of at least 4 members (excludes halogenated alkanes) is 12. The van der Waals surface area contributed by atoms with Gasteiger partial charge in [0.15, 0.2) is 0 Å². The predicted molar refractivity (Wildman–Crippen MR) is 109 cm³/mol. The van der Waals surface area contributed by atoms with Gasteiger partial charge >= 0.3 is 5.97 Å². The summed E-state index contributed by atoms with van der Waals surface area (Å²) < 4.78 is 5.10. The summed E-state index contributed by atoms with van der Waals surface area (Å²) in [5.74, 6) is -0.0362. The molecule has 0 atom stereocenters. The van der Waals surface area contributed by atoms with E-state index in [9.17, 15) is 4.79 Å². The van der Waals surface area contributed by atoms with Crippen LogP contribution in [0.4, 0.5) is 0 Å². The molecule has 0 aromatic heterocycles. The van der Waals surface area contributed by atoms with Gasteiger partial charge in [-0.2, -0.15) is 0 Å². The molecule has 0 radical (unpaired) electrons. The van der Waals surface area contributed by atoms with Gasteiger partial charge in [-0.25, -0.2) is 0 Å². The summed E-state index contributed by atoms with van der Waals surface area (Å²) in [5.41, 5.74) is 0. The van der Waals surface area contributed by atoms with Crippen LogP contribution in [0.1, 0.15) is 124 Å². The van der Waals surface area contributed by atoms with Crippen molar-refractivity contribution in [3.05, 3.63) is 0 Å². The number of hydrogen-bond acceptors (Lipinski definition) is 3. The molecular weight excluding hydrogens is 312 g/mol. The number of carbonyl (C=O) groups excluding carboxylic acids is 1. The van der Waals surface area contributed by atoms with Crippen LogP contribution in [0.5, 0.6) is 0 Å². The van der Waals surface area contributed by atoms with Crippen LogP contribution in [-0.2, 0) is 9.53 Å². The van der Waals surface area contributed by atoms with Crippen molar-refractivity contribution < 1.29 is 14.6 Å². The summed E-state index contributed by atoms with van der Waals surface area (Å²) in [4.78, 5) is 11.3. The first-order valence-corrected chi connectivity index (χ1v) is 10.9. The Hall–Kier alpha value is -0.570. The predicted octanol–water partition coefficient (Wildman–Crippen LogP) is 6.81. The third-order valence-corrected chi connectivity index (χ3v) is 4.11. The Morgan fingerprint density at radius 3 is 1.48 bits per heavy atom. The Kier molecular flexibility index (Phi) is 25.0. The van der Waals surface area contributed by atoms with E-state index in [0.717, 1.165) is 19.3 Å². The van der Waals surface area contributed by atoms with Crippen molar-refractivity contribution in [1.82, 2.24) is 0 Å². The SMILES string of the molecule is CCCCCCCCCCCCCC(=O)OC(C)C.CCCCCO. The van der Waals surface area contributed by atoms with Gasteiger partial charge in [0, 0.05) is 13.0 Å². The smallest absolute Gasteiger partial charge is 0.306 e. The minimum atomic E-state index is -0.0362. The number of hydrogen-bond donors (Lipinski definition) is 1. The van der Waals surface area contributed by atoms with Gasteiger partial charge in [0.05, 0.1) is 6.10 Å². The van der Waals surface area contributed by atoms with Crippen molar-refractivity contribution in [1.29, 1.82) is 0 Å². The second-order valence-electron chi connectivity index (χ2n) is 7.25. The van der Waals surface area contributed by atoms with Gasteiger partial charge in [-0.15, -0.1) is 0 Å². The van der Waals surface area contributed by atoms with Crippen LogP contribution in [0.25, 0.3) is 0 Å². The largest absolute Gasteiger partial charge is 0.463 e. The normalized spacial score (nSPS) is 10.5. The molecule has 0 spiro atoms. The molecule has 1 N–H and O–H groups in total. The van der Waals surface area contributed by atoms with Crippen molar-refractivity contribution >= 4 is 5.97 Å². The Balaban J connectivity index is 0. The highest BCUT2D eigenvalue weighted by Crippen LogP contribution is 2.12. The fourth-order valence-electron chi connectivity index (χ4n) is 2.62. The number of carbonyl (C=O) groups is 1.